The lowest BCUT2D eigenvalue weighted by Gasteiger charge is -2.10. The summed E-state index contributed by atoms with van der Waals surface area (Å²) in [6.07, 6.45) is 4.09. The van der Waals surface area contributed by atoms with Crippen LogP contribution in [0.3, 0.4) is 0 Å². The van der Waals surface area contributed by atoms with Gasteiger partial charge >= 0.3 is 0 Å². The van der Waals surface area contributed by atoms with Gasteiger partial charge in [0.1, 0.15) is 29.5 Å². The molecule has 0 amide bonds. The third-order valence-electron chi connectivity index (χ3n) is 4.72. The molecular formula is C22H12ClN5O2. The summed E-state index contributed by atoms with van der Waals surface area (Å²) < 4.78 is 0. The zero-order chi connectivity index (χ0) is 20.7. The first-order chi connectivity index (χ1) is 14.6. The zero-order valence-electron chi connectivity index (χ0n) is 15.3. The second kappa shape index (κ2) is 7.08. The SMILES string of the molecule is O=C=C1C=c2ncnc(Nc3ccc(Cl)c(-c4nc5ccccc5[nH]4)c3)c2=CC1=O. The van der Waals surface area contributed by atoms with Crippen molar-refractivity contribution in [2.75, 3.05) is 5.32 Å². The maximum Gasteiger partial charge on any atom is 0.197 e. The molecule has 2 aromatic carbocycles. The molecule has 4 aromatic rings. The molecule has 0 bridgehead atoms. The fourth-order valence-corrected chi connectivity index (χ4v) is 3.47. The minimum Gasteiger partial charge on any atom is -0.340 e. The number of hydrogen-bond donors (Lipinski definition) is 2. The van der Waals surface area contributed by atoms with Gasteiger partial charge in [-0.2, -0.15) is 0 Å². The van der Waals surface area contributed by atoms with Crippen LogP contribution in [0.1, 0.15) is 0 Å². The van der Waals surface area contributed by atoms with Crippen molar-refractivity contribution in [3.05, 3.63) is 70.0 Å². The van der Waals surface area contributed by atoms with Gasteiger partial charge in [0.15, 0.2) is 5.78 Å². The summed E-state index contributed by atoms with van der Waals surface area (Å²) in [5.41, 5.74) is 3.11. The number of aromatic nitrogens is 4. The van der Waals surface area contributed by atoms with Crippen molar-refractivity contribution >= 4 is 58.0 Å². The van der Waals surface area contributed by atoms with E-state index in [2.05, 4.69) is 25.3 Å². The number of allylic oxidation sites excluding steroid dienone is 1. The molecule has 0 aliphatic heterocycles. The van der Waals surface area contributed by atoms with Crippen molar-refractivity contribution in [2.24, 2.45) is 0 Å². The molecule has 0 atom stereocenters. The molecule has 0 spiro atoms. The number of rotatable bonds is 3. The molecule has 5 rings (SSSR count). The van der Waals surface area contributed by atoms with Gasteiger partial charge < -0.3 is 10.3 Å². The third kappa shape index (κ3) is 3.08. The number of fused-ring (bicyclic) bond motifs is 2. The second-order valence-corrected chi connectivity index (χ2v) is 7.02. The van der Waals surface area contributed by atoms with Gasteiger partial charge in [0.05, 0.1) is 21.4 Å². The van der Waals surface area contributed by atoms with Gasteiger partial charge in [0, 0.05) is 16.5 Å². The molecule has 1 aliphatic carbocycles. The predicted molar refractivity (Wildman–Crippen MR) is 114 cm³/mol. The van der Waals surface area contributed by atoms with E-state index in [1.807, 2.05) is 30.3 Å². The number of carbonyl (C=O) groups is 1. The number of para-hydroxylation sites is 2. The Morgan fingerprint density at radius 2 is 1.93 bits per heavy atom. The van der Waals surface area contributed by atoms with E-state index in [-0.39, 0.29) is 5.57 Å². The topological polar surface area (TPSA) is 101 Å². The molecule has 30 heavy (non-hydrogen) atoms. The largest absolute Gasteiger partial charge is 0.340 e. The molecule has 144 valence electrons. The van der Waals surface area contributed by atoms with E-state index < -0.39 is 5.78 Å². The van der Waals surface area contributed by atoms with Gasteiger partial charge in [-0.15, -0.1) is 0 Å². The smallest absolute Gasteiger partial charge is 0.197 e. The van der Waals surface area contributed by atoms with E-state index in [0.29, 0.717) is 32.9 Å². The van der Waals surface area contributed by atoms with E-state index in [0.717, 1.165) is 16.6 Å². The van der Waals surface area contributed by atoms with Crippen LogP contribution >= 0.6 is 11.6 Å². The Balaban J connectivity index is 1.58. The van der Waals surface area contributed by atoms with E-state index in [1.165, 1.54) is 18.5 Å². The maximum atomic E-state index is 12.1. The highest BCUT2D eigenvalue weighted by Gasteiger charge is 2.14. The second-order valence-electron chi connectivity index (χ2n) is 6.61. The minimum atomic E-state index is -0.436. The highest BCUT2D eigenvalue weighted by Crippen LogP contribution is 2.30. The average molecular weight is 414 g/mol. The highest BCUT2D eigenvalue weighted by molar-refractivity contribution is 6.33. The first kappa shape index (κ1) is 18.0. The van der Waals surface area contributed by atoms with Crippen LogP contribution in [0.2, 0.25) is 5.02 Å². The quantitative estimate of drug-likeness (QED) is 0.395. The summed E-state index contributed by atoms with van der Waals surface area (Å²) in [5.74, 6) is 2.28. The summed E-state index contributed by atoms with van der Waals surface area (Å²) >= 11 is 6.42. The number of nitrogens with one attached hydrogen (secondary N) is 2. The Bertz CT molecular complexity index is 1480. The lowest BCUT2D eigenvalue weighted by atomic mass is 10.1. The molecule has 0 unspecified atom stereocenters. The average Bonchev–Trinajstić information content (AvgIpc) is 3.19. The fourth-order valence-electron chi connectivity index (χ4n) is 3.26. The Labute approximate surface area is 174 Å². The molecule has 0 fully saturated rings. The first-order valence-electron chi connectivity index (χ1n) is 8.98. The highest BCUT2D eigenvalue weighted by atomic mass is 35.5. The Hall–Kier alpha value is -4.06. The molecular weight excluding hydrogens is 402 g/mol. The number of aromatic amines is 1. The summed E-state index contributed by atoms with van der Waals surface area (Å²) in [5, 5.41) is 4.71. The van der Waals surface area contributed by atoms with Crippen molar-refractivity contribution in [1.82, 2.24) is 19.9 Å². The molecule has 2 heterocycles. The minimum absolute atomic E-state index is 0.0641. The zero-order valence-corrected chi connectivity index (χ0v) is 16.1. The van der Waals surface area contributed by atoms with Crippen LogP contribution in [0, 0.1) is 0 Å². The van der Waals surface area contributed by atoms with Gasteiger partial charge in [0.2, 0.25) is 0 Å². The van der Waals surface area contributed by atoms with Crippen LogP contribution in [-0.4, -0.2) is 31.7 Å². The monoisotopic (exact) mass is 413 g/mol. The number of nitrogens with zero attached hydrogens (tertiary/aromatic N) is 3. The van der Waals surface area contributed by atoms with Crippen molar-refractivity contribution in [1.29, 1.82) is 0 Å². The molecule has 0 saturated heterocycles. The number of ketones is 1. The number of Topliss-reactive ketones (excluding diaryl/α,β-unsaturated/α-hetero) is 1. The molecule has 2 N–H and O–H groups in total. The third-order valence-corrected chi connectivity index (χ3v) is 5.05. The summed E-state index contributed by atoms with van der Waals surface area (Å²) in [7, 11) is 0. The maximum absolute atomic E-state index is 12.1. The molecule has 0 saturated carbocycles. The van der Waals surface area contributed by atoms with E-state index >= 15 is 0 Å². The molecule has 2 aromatic heterocycles. The van der Waals surface area contributed by atoms with Gasteiger partial charge in [-0.3, -0.25) is 4.79 Å². The van der Waals surface area contributed by atoms with E-state index in [1.54, 1.807) is 18.1 Å². The Morgan fingerprint density at radius 3 is 2.77 bits per heavy atom. The summed E-state index contributed by atoms with van der Waals surface area (Å²) in [6.45, 7) is 0. The van der Waals surface area contributed by atoms with Crippen LogP contribution in [0.25, 0.3) is 34.6 Å². The van der Waals surface area contributed by atoms with Gasteiger partial charge in [-0.05, 0) is 42.5 Å². The number of halogens is 1. The van der Waals surface area contributed by atoms with Crippen molar-refractivity contribution < 1.29 is 9.59 Å². The summed E-state index contributed by atoms with van der Waals surface area (Å²) in [4.78, 5) is 39.2. The number of hydrogen-bond acceptors (Lipinski definition) is 6. The van der Waals surface area contributed by atoms with Crippen molar-refractivity contribution in [3.63, 3.8) is 0 Å². The van der Waals surface area contributed by atoms with Crippen LogP contribution in [0.15, 0.2) is 54.4 Å². The van der Waals surface area contributed by atoms with Crippen LogP contribution in [-0.2, 0) is 9.59 Å². The van der Waals surface area contributed by atoms with E-state index in [9.17, 15) is 9.59 Å². The first-order valence-corrected chi connectivity index (χ1v) is 9.36. The lowest BCUT2D eigenvalue weighted by Crippen LogP contribution is -2.35. The van der Waals surface area contributed by atoms with Crippen LogP contribution in [0.5, 0.6) is 0 Å². The lowest BCUT2D eigenvalue weighted by molar-refractivity contribution is -0.109. The predicted octanol–water partition coefficient (Wildman–Crippen LogP) is 2.32. The normalized spacial score (nSPS) is 12.7. The Kier molecular flexibility index (Phi) is 4.25. The van der Waals surface area contributed by atoms with Crippen LogP contribution in [0.4, 0.5) is 11.5 Å². The number of imidazole rings is 1. The fraction of sp³-hybridized carbons (Fsp3) is 0. The molecule has 0 radical (unpaired) electrons. The van der Waals surface area contributed by atoms with Gasteiger partial charge in [-0.25, -0.2) is 19.7 Å². The number of anilines is 2. The standard InChI is InChI=1S/C22H12ClN5O2/c23-16-6-5-13(8-14(16)22-27-17-3-1-2-4-18(17)28-22)26-21-15-9-20(30)12(10-29)7-19(15)24-11-25-21/h1-9,11H,(H,27,28)(H,24,25,26). The number of H-pyrrole nitrogens is 1. The van der Waals surface area contributed by atoms with Gasteiger partial charge in [0.25, 0.3) is 0 Å². The van der Waals surface area contributed by atoms with Gasteiger partial charge in [-0.1, -0.05) is 23.7 Å². The van der Waals surface area contributed by atoms with E-state index in [4.69, 9.17) is 11.6 Å². The molecule has 8 heteroatoms. The number of carbonyl (C=O) groups excluding carboxylic acids is 2. The molecule has 7 nitrogen and oxygen atoms in total. The molecule has 1 aliphatic rings. The van der Waals surface area contributed by atoms with Crippen molar-refractivity contribution in [3.8, 4) is 11.4 Å². The van der Waals surface area contributed by atoms with Crippen molar-refractivity contribution in [2.45, 2.75) is 0 Å². The summed E-state index contributed by atoms with van der Waals surface area (Å²) in [6, 6.07) is 13.1. The van der Waals surface area contributed by atoms with Crippen LogP contribution < -0.4 is 15.9 Å². The number of benzene rings is 2. The Morgan fingerprint density at radius 1 is 1.07 bits per heavy atom.